The molecule has 0 aliphatic rings. The molecular weight excluding hydrogens is 344 g/mol. The van der Waals surface area contributed by atoms with Crippen LogP contribution in [0, 0.1) is 13.8 Å². The van der Waals surface area contributed by atoms with Gasteiger partial charge in [0.25, 0.3) is 5.91 Å². The number of amides is 1. The molecule has 2 aromatic carbocycles. The highest BCUT2D eigenvalue weighted by atomic mass is 35.5. The Morgan fingerprint density at radius 1 is 1.21 bits per heavy atom. The first-order valence-electron chi connectivity index (χ1n) is 7.38. The zero-order chi connectivity index (χ0) is 16.8. The van der Waals surface area contributed by atoms with Gasteiger partial charge in [-0.1, -0.05) is 29.0 Å². The molecule has 1 N–H and O–H groups in total. The van der Waals surface area contributed by atoms with Crippen molar-refractivity contribution >= 4 is 55.2 Å². The third-order valence-corrected chi connectivity index (χ3v) is 5.04. The van der Waals surface area contributed by atoms with E-state index in [0.29, 0.717) is 15.7 Å². The standard InChI is InChI=1S/C18H13ClN2O2S/c1-9-3-5-13-15(7-9)24-18(20-13)21-17(22)16-10(2)12-8-11(19)4-6-14(12)23-16/h3-8H,1-2H3,(H,20,21,22). The largest absolute Gasteiger partial charge is 0.451 e. The Bertz CT molecular complexity index is 1100. The maximum atomic E-state index is 12.6. The summed E-state index contributed by atoms with van der Waals surface area (Å²) >= 11 is 7.46. The third kappa shape index (κ3) is 2.56. The van der Waals surface area contributed by atoms with Gasteiger partial charge < -0.3 is 4.42 Å². The number of benzene rings is 2. The minimum Gasteiger partial charge on any atom is -0.451 e. The predicted molar refractivity (Wildman–Crippen MR) is 98.3 cm³/mol. The van der Waals surface area contributed by atoms with Crippen molar-refractivity contribution in [3.8, 4) is 0 Å². The normalized spacial score (nSPS) is 11.3. The van der Waals surface area contributed by atoms with Crippen LogP contribution in [0.3, 0.4) is 0 Å². The van der Waals surface area contributed by atoms with E-state index < -0.39 is 0 Å². The van der Waals surface area contributed by atoms with Crippen molar-refractivity contribution in [3.63, 3.8) is 0 Å². The Morgan fingerprint density at radius 3 is 2.88 bits per heavy atom. The van der Waals surface area contributed by atoms with Gasteiger partial charge in [0.15, 0.2) is 10.9 Å². The van der Waals surface area contributed by atoms with E-state index in [2.05, 4.69) is 16.4 Å². The van der Waals surface area contributed by atoms with E-state index in [1.165, 1.54) is 11.3 Å². The summed E-state index contributed by atoms with van der Waals surface area (Å²) < 4.78 is 6.73. The number of nitrogens with one attached hydrogen (secondary N) is 1. The number of hydrogen-bond acceptors (Lipinski definition) is 4. The van der Waals surface area contributed by atoms with Crippen LogP contribution in [-0.4, -0.2) is 10.9 Å². The highest BCUT2D eigenvalue weighted by Gasteiger charge is 2.19. The van der Waals surface area contributed by atoms with E-state index in [-0.39, 0.29) is 11.7 Å². The second-order valence-corrected chi connectivity index (χ2v) is 7.11. The van der Waals surface area contributed by atoms with Gasteiger partial charge in [-0.15, -0.1) is 0 Å². The number of thiazole rings is 1. The van der Waals surface area contributed by atoms with Gasteiger partial charge in [-0.05, 0) is 49.7 Å². The van der Waals surface area contributed by atoms with E-state index in [1.54, 1.807) is 18.2 Å². The number of fused-ring (bicyclic) bond motifs is 2. The van der Waals surface area contributed by atoms with E-state index in [9.17, 15) is 4.79 Å². The van der Waals surface area contributed by atoms with Gasteiger partial charge in [-0.25, -0.2) is 4.98 Å². The maximum absolute atomic E-state index is 12.6. The van der Waals surface area contributed by atoms with Gasteiger partial charge in [0.05, 0.1) is 10.2 Å². The fourth-order valence-corrected chi connectivity index (χ4v) is 3.78. The Kier molecular flexibility index (Phi) is 3.55. The lowest BCUT2D eigenvalue weighted by Gasteiger charge is -1.98. The average Bonchev–Trinajstić information content (AvgIpc) is 3.08. The van der Waals surface area contributed by atoms with Crippen molar-refractivity contribution in [3.05, 3.63) is 58.3 Å². The zero-order valence-electron chi connectivity index (χ0n) is 13.0. The molecule has 1 amide bonds. The number of carbonyl (C=O) groups excluding carboxylic acids is 1. The summed E-state index contributed by atoms with van der Waals surface area (Å²) in [6, 6.07) is 11.3. The number of halogens is 1. The molecule has 0 aliphatic carbocycles. The SMILES string of the molecule is Cc1ccc2nc(NC(=O)c3oc4ccc(Cl)cc4c3C)sc2c1. The minimum absolute atomic E-state index is 0.280. The van der Waals surface area contributed by atoms with Gasteiger partial charge in [0, 0.05) is 16.0 Å². The molecule has 0 spiro atoms. The number of anilines is 1. The highest BCUT2D eigenvalue weighted by Crippen LogP contribution is 2.30. The number of hydrogen-bond donors (Lipinski definition) is 1. The molecule has 4 rings (SSSR count). The highest BCUT2D eigenvalue weighted by molar-refractivity contribution is 7.22. The van der Waals surface area contributed by atoms with Gasteiger partial charge in [-0.3, -0.25) is 10.1 Å². The Balaban J connectivity index is 1.69. The summed E-state index contributed by atoms with van der Waals surface area (Å²) in [7, 11) is 0. The molecule has 120 valence electrons. The maximum Gasteiger partial charge on any atom is 0.293 e. The van der Waals surface area contributed by atoms with E-state index in [1.807, 2.05) is 26.0 Å². The van der Waals surface area contributed by atoms with Gasteiger partial charge in [-0.2, -0.15) is 0 Å². The van der Waals surface area contributed by atoms with Crippen molar-refractivity contribution in [2.75, 3.05) is 5.32 Å². The van der Waals surface area contributed by atoms with Gasteiger partial charge in [0.2, 0.25) is 0 Å². The molecule has 2 heterocycles. The van der Waals surface area contributed by atoms with E-state index >= 15 is 0 Å². The predicted octanol–water partition coefficient (Wildman–Crippen LogP) is 5.57. The van der Waals surface area contributed by atoms with E-state index in [0.717, 1.165) is 26.7 Å². The molecule has 4 nitrogen and oxygen atoms in total. The molecule has 4 aromatic rings. The molecule has 2 aromatic heterocycles. The van der Waals surface area contributed by atoms with Crippen LogP contribution in [0.1, 0.15) is 21.7 Å². The molecule has 24 heavy (non-hydrogen) atoms. The van der Waals surface area contributed by atoms with Gasteiger partial charge >= 0.3 is 0 Å². The average molecular weight is 357 g/mol. The zero-order valence-corrected chi connectivity index (χ0v) is 14.6. The summed E-state index contributed by atoms with van der Waals surface area (Å²) in [6.07, 6.45) is 0. The molecular formula is C18H13ClN2O2S. The molecule has 0 atom stereocenters. The molecule has 6 heteroatoms. The molecule has 0 fully saturated rings. The summed E-state index contributed by atoms with van der Waals surface area (Å²) in [4.78, 5) is 17.0. The molecule has 0 bridgehead atoms. The summed E-state index contributed by atoms with van der Waals surface area (Å²) in [6.45, 7) is 3.87. The number of carbonyl (C=O) groups is 1. The quantitative estimate of drug-likeness (QED) is 0.511. The monoisotopic (exact) mass is 356 g/mol. The lowest BCUT2D eigenvalue weighted by Crippen LogP contribution is -2.11. The number of rotatable bonds is 2. The van der Waals surface area contributed by atoms with Crippen LogP contribution in [0.4, 0.5) is 5.13 Å². The van der Waals surface area contributed by atoms with Crippen LogP contribution in [0.15, 0.2) is 40.8 Å². The van der Waals surface area contributed by atoms with Crippen LogP contribution in [0.5, 0.6) is 0 Å². The topological polar surface area (TPSA) is 55.1 Å². The Labute approximate surface area is 147 Å². The number of aromatic nitrogens is 1. The molecule has 0 radical (unpaired) electrons. The van der Waals surface area contributed by atoms with Crippen molar-refractivity contribution in [1.29, 1.82) is 0 Å². The molecule has 0 aliphatic heterocycles. The second-order valence-electron chi connectivity index (χ2n) is 5.64. The molecule has 0 saturated heterocycles. The van der Waals surface area contributed by atoms with Crippen molar-refractivity contribution < 1.29 is 9.21 Å². The fourth-order valence-electron chi connectivity index (χ4n) is 2.65. The lowest BCUT2D eigenvalue weighted by molar-refractivity contribution is 0.0998. The summed E-state index contributed by atoms with van der Waals surface area (Å²) in [5, 5.41) is 4.83. The molecule has 0 unspecified atom stereocenters. The van der Waals surface area contributed by atoms with Crippen molar-refractivity contribution in [2.24, 2.45) is 0 Å². The Morgan fingerprint density at radius 2 is 2.04 bits per heavy atom. The first-order valence-corrected chi connectivity index (χ1v) is 8.58. The van der Waals surface area contributed by atoms with Crippen LogP contribution < -0.4 is 5.32 Å². The second kappa shape index (κ2) is 5.61. The van der Waals surface area contributed by atoms with Crippen LogP contribution in [-0.2, 0) is 0 Å². The lowest BCUT2D eigenvalue weighted by atomic mass is 10.1. The number of nitrogens with zero attached hydrogens (tertiary/aromatic N) is 1. The van der Waals surface area contributed by atoms with E-state index in [4.69, 9.17) is 16.0 Å². The minimum atomic E-state index is -0.310. The van der Waals surface area contributed by atoms with Crippen molar-refractivity contribution in [1.82, 2.24) is 4.98 Å². The fraction of sp³-hybridized carbons (Fsp3) is 0.111. The first kappa shape index (κ1) is 15.2. The first-order chi connectivity index (χ1) is 11.5. The van der Waals surface area contributed by atoms with Crippen molar-refractivity contribution in [2.45, 2.75) is 13.8 Å². The number of furan rings is 1. The summed E-state index contributed by atoms with van der Waals surface area (Å²) in [5.41, 5.74) is 3.44. The number of aryl methyl sites for hydroxylation is 2. The summed E-state index contributed by atoms with van der Waals surface area (Å²) in [5.74, 6) is -0.0293. The van der Waals surface area contributed by atoms with Crippen LogP contribution in [0.25, 0.3) is 21.2 Å². The third-order valence-electron chi connectivity index (χ3n) is 3.87. The Hall–Kier alpha value is -2.37. The smallest absolute Gasteiger partial charge is 0.293 e. The molecule has 0 saturated carbocycles. The van der Waals surface area contributed by atoms with Crippen LogP contribution >= 0.6 is 22.9 Å². The van der Waals surface area contributed by atoms with Gasteiger partial charge in [0.1, 0.15) is 5.58 Å². The van der Waals surface area contributed by atoms with Crippen LogP contribution in [0.2, 0.25) is 5.02 Å².